The van der Waals surface area contributed by atoms with E-state index in [2.05, 4.69) is 5.32 Å². The minimum Gasteiger partial charge on any atom is -0.469 e. The van der Waals surface area contributed by atoms with Gasteiger partial charge in [0.2, 0.25) is 5.91 Å². The molecule has 1 saturated carbocycles. The monoisotopic (exact) mass is 264 g/mol. The molecule has 0 aliphatic heterocycles. The van der Waals surface area contributed by atoms with Crippen LogP contribution in [-0.4, -0.2) is 18.5 Å². The molecule has 4 nitrogen and oxygen atoms in total. The maximum Gasteiger partial charge on any atom is 0.220 e. The lowest BCUT2D eigenvalue weighted by atomic mass is 9.95. The third kappa shape index (κ3) is 4.39. The van der Waals surface area contributed by atoms with E-state index in [9.17, 15) is 4.79 Å². The molecular weight excluding hydrogens is 240 g/mol. The van der Waals surface area contributed by atoms with Crippen LogP contribution in [0.1, 0.15) is 56.6 Å². The fraction of sp³-hybridized carbons (Fsp3) is 0.667. The van der Waals surface area contributed by atoms with Gasteiger partial charge in [0.25, 0.3) is 0 Å². The second-order valence-electron chi connectivity index (χ2n) is 5.39. The molecule has 1 atom stereocenters. The summed E-state index contributed by atoms with van der Waals surface area (Å²) in [5, 5.41) is 3.13. The first kappa shape index (κ1) is 14.1. The van der Waals surface area contributed by atoms with E-state index in [0.29, 0.717) is 19.0 Å². The van der Waals surface area contributed by atoms with Gasteiger partial charge in [-0.15, -0.1) is 0 Å². The van der Waals surface area contributed by atoms with Gasteiger partial charge >= 0.3 is 0 Å². The van der Waals surface area contributed by atoms with Crippen LogP contribution in [0.15, 0.2) is 22.8 Å². The molecule has 106 valence electrons. The molecule has 0 bridgehead atoms. The van der Waals surface area contributed by atoms with Gasteiger partial charge in [0.05, 0.1) is 6.26 Å². The van der Waals surface area contributed by atoms with Gasteiger partial charge in [-0.2, -0.15) is 0 Å². The standard InChI is InChI=1S/C15H24N2O2/c16-11-12(14-7-4-10-19-14)8-9-15(18)17-13-5-2-1-3-6-13/h4,7,10,12-13H,1-3,5-6,8-9,11,16H2,(H,17,18). The lowest BCUT2D eigenvalue weighted by molar-refractivity contribution is -0.122. The molecular formula is C15H24N2O2. The number of carbonyl (C=O) groups excluding carboxylic acids is 1. The van der Waals surface area contributed by atoms with Crippen LogP contribution in [0.5, 0.6) is 0 Å². The Morgan fingerprint density at radius 1 is 1.42 bits per heavy atom. The molecule has 1 aliphatic carbocycles. The maximum atomic E-state index is 11.9. The van der Waals surface area contributed by atoms with Crippen molar-refractivity contribution in [1.29, 1.82) is 0 Å². The van der Waals surface area contributed by atoms with Gasteiger partial charge in [-0.05, 0) is 31.4 Å². The lowest BCUT2D eigenvalue weighted by Gasteiger charge is -2.23. The van der Waals surface area contributed by atoms with Gasteiger partial charge in [0.1, 0.15) is 5.76 Å². The van der Waals surface area contributed by atoms with Gasteiger partial charge in [-0.25, -0.2) is 0 Å². The van der Waals surface area contributed by atoms with Crippen LogP contribution in [0.4, 0.5) is 0 Å². The quantitative estimate of drug-likeness (QED) is 0.829. The summed E-state index contributed by atoms with van der Waals surface area (Å²) < 4.78 is 5.36. The van der Waals surface area contributed by atoms with Gasteiger partial charge in [0.15, 0.2) is 0 Å². The molecule has 0 spiro atoms. The Morgan fingerprint density at radius 2 is 2.21 bits per heavy atom. The lowest BCUT2D eigenvalue weighted by Crippen LogP contribution is -2.36. The van der Waals surface area contributed by atoms with Crippen molar-refractivity contribution in [3.8, 4) is 0 Å². The molecule has 1 aliphatic rings. The first-order valence-corrected chi connectivity index (χ1v) is 7.32. The molecule has 2 rings (SSSR count). The maximum absolute atomic E-state index is 11.9. The van der Waals surface area contributed by atoms with Crippen LogP contribution in [0.25, 0.3) is 0 Å². The number of amides is 1. The highest BCUT2D eigenvalue weighted by Crippen LogP contribution is 2.21. The Balaban J connectivity index is 1.72. The van der Waals surface area contributed by atoms with E-state index >= 15 is 0 Å². The Morgan fingerprint density at radius 3 is 2.84 bits per heavy atom. The van der Waals surface area contributed by atoms with Crippen molar-refractivity contribution in [3.63, 3.8) is 0 Å². The van der Waals surface area contributed by atoms with E-state index in [4.69, 9.17) is 10.2 Å². The average Bonchev–Trinajstić information content (AvgIpc) is 2.95. The van der Waals surface area contributed by atoms with Crippen molar-refractivity contribution >= 4 is 5.91 Å². The first-order valence-electron chi connectivity index (χ1n) is 7.32. The predicted octanol–water partition coefficient (Wildman–Crippen LogP) is 2.55. The number of carbonyl (C=O) groups is 1. The zero-order valence-corrected chi connectivity index (χ0v) is 11.4. The largest absolute Gasteiger partial charge is 0.469 e. The smallest absolute Gasteiger partial charge is 0.220 e. The second-order valence-corrected chi connectivity index (χ2v) is 5.39. The van der Waals surface area contributed by atoms with Crippen molar-refractivity contribution in [3.05, 3.63) is 24.2 Å². The first-order chi connectivity index (χ1) is 9.29. The third-order valence-corrected chi connectivity index (χ3v) is 3.92. The third-order valence-electron chi connectivity index (χ3n) is 3.92. The molecule has 19 heavy (non-hydrogen) atoms. The average molecular weight is 264 g/mol. The number of hydrogen-bond donors (Lipinski definition) is 2. The van der Waals surface area contributed by atoms with E-state index in [1.807, 2.05) is 12.1 Å². The topological polar surface area (TPSA) is 68.3 Å². The minimum atomic E-state index is 0.145. The Labute approximate surface area is 114 Å². The molecule has 0 aromatic carbocycles. The molecule has 0 saturated heterocycles. The van der Waals surface area contributed by atoms with E-state index in [0.717, 1.165) is 25.0 Å². The van der Waals surface area contributed by atoms with Crippen molar-refractivity contribution < 1.29 is 9.21 Å². The zero-order valence-electron chi connectivity index (χ0n) is 11.4. The molecule has 1 fully saturated rings. The van der Waals surface area contributed by atoms with Crippen LogP contribution in [-0.2, 0) is 4.79 Å². The molecule has 1 unspecified atom stereocenters. The molecule has 1 aromatic heterocycles. The fourth-order valence-corrected chi connectivity index (χ4v) is 2.75. The van der Waals surface area contributed by atoms with Crippen molar-refractivity contribution in [2.75, 3.05) is 6.54 Å². The number of hydrogen-bond acceptors (Lipinski definition) is 3. The summed E-state index contributed by atoms with van der Waals surface area (Å²) in [4.78, 5) is 11.9. The Bertz CT molecular complexity index is 370. The summed E-state index contributed by atoms with van der Waals surface area (Å²) in [6.45, 7) is 0.518. The van der Waals surface area contributed by atoms with Gasteiger partial charge in [-0.1, -0.05) is 19.3 Å². The van der Waals surface area contributed by atoms with E-state index < -0.39 is 0 Å². The predicted molar refractivity (Wildman–Crippen MR) is 74.8 cm³/mol. The van der Waals surface area contributed by atoms with Gasteiger partial charge < -0.3 is 15.5 Å². The van der Waals surface area contributed by atoms with Crippen LogP contribution in [0, 0.1) is 0 Å². The summed E-state index contributed by atoms with van der Waals surface area (Å²) >= 11 is 0. The SMILES string of the molecule is NCC(CCC(=O)NC1CCCCC1)c1ccco1. The second kappa shape index (κ2) is 7.34. The highest BCUT2D eigenvalue weighted by atomic mass is 16.3. The van der Waals surface area contributed by atoms with Gasteiger partial charge in [-0.3, -0.25) is 4.79 Å². The number of furan rings is 1. The van der Waals surface area contributed by atoms with E-state index in [-0.39, 0.29) is 11.8 Å². The van der Waals surface area contributed by atoms with Crippen molar-refractivity contribution in [2.24, 2.45) is 5.73 Å². The van der Waals surface area contributed by atoms with Crippen LogP contribution in [0.3, 0.4) is 0 Å². The molecule has 1 aromatic rings. The highest BCUT2D eigenvalue weighted by Gasteiger charge is 2.18. The molecule has 3 N–H and O–H groups in total. The normalized spacial score (nSPS) is 18.2. The van der Waals surface area contributed by atoms with Crippen molar-refractivity contribution in [1.82, 2.24) is 5.32 Å². The summed E-state index contributed by atoms with van der Waals surface area (Å²) in [6, 6.07) is 4.18. The number of rotatable bonds is 6. The molecule has 1 heterocycles. The fourth-order valence-electron chi connectivity index (χ4n) is 2.75. The van der Waals surface area contributed by atoms with Crippen LogP contribution < -0.4 is 11.1 Å². The zero-order chi connectivity index (χ0) is 13.5. The minimum absolute atomic E-state index is 0.145. The number of nitrogens with two attached hydrogens (primary N) is 1. The highest BCUT2D eigenvalue weighted by molar-refractivity contribution is 5.76. The summed E-state index contributed by atoms with van der Waals surface area (Å²) in [5.74, 6) is 1.18. The summed E-state index contributed by atoms with van der Waals surface area (Å²) in [7, 11) is 0. The van der Waals surface area contributed by atoms with Crippen LogP contribution in [0.2, 0.25) is 0 Å². The van der Waals surface area contributed by atoms with Crippen molar-refractivity contribution in [2.45, 2.75) is 56.9 Å². The molecule has 4 heteroatoms. The summed E-state index contributed by atoms with van der Waals surface area (Å²) in [6.07, 6.45) is 8.97. The Kier molecular flexibility index (Phi) is 5.45. The molecule has 1 amide bonds. The number of nitrogens with one attached hydrogen (secondary N) is 1. The van der Waals surface area contributed by atoms with E-state index in [1.165, 1.54) is 19.3 Å². The van der Waals surface area contributed by atoms with E-state index in [1.54, 1.807) is 6.26 Å². The van der Waals surface area contributed by atoms with Gasteiger partial charge in [0, 0.05) is 24.9 Å². The Hall–Kier alpha value is -1.29. The van der Waals surface area contributed by atoms with Crippen LogP contribution >= 0.6 is 0 Å². The molecule has 0 radical (unpaired) electrons. The summed E-state index contributed by atoms with van der Waals surface area (Å²) in [5.41, 5.74) is 5.74.